The fourth-order valence-electron chi connectivity index (χ4n) is 1.84. The first-order chi connectivity index (χ1) is 8.15. The van der Waals surface area contributed by atoms with Crippen LogP contribution in [0.25, 0.3) is 0 Å². The van der Waals surface area contributed by atoms with Gasteiger partial charge in [0.2, 0.25) is 5.91 Å². The van der Waals surface area contributed by atoms with Crippen molar-refractivity contribution in [2.24, 2.45) is 0 Å². The zero-order valence-electron chi connectivity index (χ0n) is 10.6. The highest BCUT2D eigenvalue weighted by molar-refractivity contribution is 5.80. The summed E-state index contributed by atoms with van der Waals surface area (Å²) in [6, 6.07) is 0.390. The molecule has 0 spiro atoms. The number of amides is 1. The smallest absolute Gasteiger partial charge is 0.249 e. The second kappa shape index (κ2) is 5.80. The summed E-state index contributed by atoms with van der Waals surface area (Å²) < 4.78 is 11.2. The van der Waals surface area contributed by atoms with Crippen LogP contribution in [0.5, 0.6) is 0 Å². The number of nitrogens with one attached hydrogen (secondary N) is 2. The number of morpholine rings is 1. The minimum atomic E-state index is -0.392. The lowest BCUT2D eigenvalue weighted by Crippen LogP contribution is -2.46. The fraction of sp³-hybridized carbons (Fsp3) is 0.917. The number of rotatable bonds is 5. The van der Waals surface area contributed by atoms with Crippen molar-refractivity contribution in [1.29, 1.82) is 0 Å². The summed E-state index contributed by atoms with van der Waals surface area (Å²) >= 11 is 0. The molecule has 1 aliphatic carbocycles. The number of carbonyl (C=O) groups excluding carboxylic acids is 1. The van der Waals surface area contributed by atoms with Gasteiger partial charge in [-0.1, -0.05) is 0 Å². The second-order valence-electron chi connectivity index (χ2n) is 4.99. The summed E-state index contributed by atoms with van der Waals surface area (Å²) in [5, 5.41) is 6.20. The summed E-state index contributed by atoms with van der Waals surface area (Å²) in [6.45, 7) is 5.96. The van der Waals surface area contributed by atoms with E-state index in [2.05, 4.69) is 10.6 Å². The summed E-state index contributed by atoms with van der Waals surface area (Å²) in [5.41, 5.74) is 0. The van der Waals surface area contributed by atoms with Crippen LogP contribution < -0.4 is 10.6 Å². The highest BCUT2D eigenvalue weighted by Crippen LogP contribution is 2.18. The standard InChI is InChI=1S/C12H22N2O3/c1-8-5-13-6-11(17-8)7-16-9(2)12(15)14-10-3-4-10/h8-11,13H,3-7H2,1-2H3,(H,14,15). The van der Waals surface area contributed by atoms with Gasteiger partial charge in [0.1, 0.15) is 6.10 Å². The zero-order chi connectivity index (χ0) is 12.3. The maximum Gasteiger partial charge on any atom is 0.249 e. The number of hydrogen-bond donors (Lipinski definition) is 2. The van der Waals surface area contributed by atoms with Gasteiger partial charge in [0, 0.05) is 19.1 Å². The van der Waals surface area contributed by atoms with Crippen LogP contribution in [0.4, 0.5) is 0 Å². The molecule has 5 heteroatoms. The average Bonchev–Trinajstić information content (AvgIpc) is 3.10. The van der Waals surface area contributed by atoms with E-state index >= 15 is 0 Å². The van der Waals surface area contributed by atoms with Gasteiger partial charge in [0.15, 0.2) is 0 Å². The Morgan fingerprint density at radius 3 is 2.94 bits per heavy atom. The largest absolute Gasteiger partial charge is 0.370 e. The van der Waals surface area contributed by atoms with Gasteiger partial charge in [-0.3, -0.25) is 4.79 Å². The molecular formula is C12H22N2O3. The molecule has 5 nitrogen and oxygen atoms in total. The quantitative estimate of drug-likeness (QED) is 0.715. The second-order valence-corrected chi connectivity index (χ2v) is 4.99. The normalized spacial score (nSPS) is 30.9. The molecule has 0 aromatic rings. The van der Waals surface area contributed by atoms with E-state index in [1.54, 1.807) is 6.92 Å². The molecule has 17 heavy (non-hydrogen) atoms. The van der Waals surface area contributed by atoms with Crippen LogP contribution in [-0.2, 0) is 14.3 Å². The Hall–Kier alpha value is -0.650. The van der Waals surface area contributed by atoms with Crippen LogP contribution in [-0.4, -0.2) is 50.0 Å². The lowest BCUT2D eigenvalue weighted by molar-refractivity contribution is -0.137. The van der Waals surface area contributed by atoms with Crippen molar-refractivity contribution in [3.8, 4) is 0 Å². The van der Waals surface area contributed by atoms with E-state index < -0.39 is 6.10 Å². The van der Waals surface area contributed by atoms with Gasteiger partial charge in [0.25, 0.3) is 0 Å². The Kier molecular flexibility index (Phi) is 4.36. The predicted octanol–water partition coefficient (Wildman–Crippen LogP) is 0.0470. The van der Waals surface area contributed by atoms with Crippen molar-refractivity contribution in [3.05, 3.63) is 0 Å². The molecule has 1 saturated heterocycles. The molecule has 2 N–H and O–H groups in total. The van der Waals surface area contributed by atoms with Crippen molar-refractivity contribution in [3.63, 3.8) is 0 Å². The summed E-state index contributed by atoms with van der Waals surface area (Å²) in [4.78, 5) is 11.6. The molecule has 2 rings (SSSR count). The maximum absolute atomic E-state index is 11.6. The van der Waals surface area contributed by atoms with Crippen LogP contribution in [0.1, 0.15) is 26.7 Å². The molecule has 1 saturated carbocycles. The summed E-state index contributed by atoms with van der Waals surface area (Å²) in [6.07, 6.45) is 2.08. The van der Waals surface area contributed by atoms with Crippen molar-refractivity contribution in [2.75, 3.05) is 19.7 Å². The van der Waals surface area contributed by atoms with Crippen molar-refractivity contribution in [1.82, 2.24) is 10.6 Å². The zero-order valence-corrected chi connectivity index (χ0v) is 10.6. The molecule has 1 amide bonds. The predicted molar refractivity (Wildman–Crippen MR) is 63.8 cm³/mol. The van der Waals surface area contributed by atoms with Gasteiger partial charge in [-0.15, -0.1) is 0 Å². The van der Waals surface area contributed by atoms with E-state index in [1.807, 2.05) is 6.92 Å². The van der Waals surface area contributed by atoms with Gasteiger partial charge in [0.05, 0.1) is 18.8 Å². The van der Waals surface area contributed by atoms with E-state index in [0.717, 1.165) is 25.9 Å². The highest BCUT2D eigenvalue weighted by atomic mass is 16.5. The van der Waals surface area contributed by atoms with Gasteiger partial charge < -0.3 is 20.1 Å². The SMILES string of the molecule is CC1CNCC(COC(C)C(=O)NC2CC2)O1. The molecule has 3 atom stereocenters. The molecule has 1 heterocycles. The first-order valence-corrected chi connectivity index (χ1v) is 6.43. The van der Waals surface area contributed by atoms with Crippen molar-refractivity contribution < 1.29 is 14.3 Å². The van der Waals surface area contributed by atoms with Crippen LogP contribution in [0, 0.1) is 0 Å². The Labute approximate surface area is 102 Å². The first kappa shape index (κ1) is 12.8. The summed E-state index contributed by atoms with van der Waals surface area (Å²) in [7, 11) is 0. The van der Waals surface area contributed by atoms with Gasteiger partial charge in [-0.05, 0) is 26.7 Å². The van der Waals surface area contributed by atoms with Crippen LogP contribution >= 0.6 is 0 Å². The van der Waals surface area contributed by atoms with Crippen LogP contribution in [0.3, 0.4) is 0 Å². The van der Waals surface area contributed by atoms with Crippen LogP contribution in [0.15, 0.2) is 0 Å². The third-order valence-electron chi connectivity index (χ3n) is 3.05. The maximum atomic E-state index is 11.6. The third kappa shape index (κ3) is 4.26. The molecule has 2 aliphatic rings. The molecule has 1 aliphatic heterocycles. The Balaban J connectivity index is 1.64. The van der Waals surface area contributed by atoms with Gasteiger partial charge in [-0.25, -0.2) is 0 Å². The van der Waals surface area contributed by atoms with Gasteiger partial charge in [-0.2, -0.15) is 0 Å². The summed E-state index contributed by atoms with van der Waals surface area (Å²) in [5.74, 6) is -0.00989. The molecular weight excluding hydrogens is 220 g/mol. The lowest BCUT2D eigenvalue weighted by Gasteiger charge is -2.29. The number of hydrogen-bond acceptors (Lipinski definition) is 4. The number of ether oxygens (including phenoxy) is 2. The van der Waals surface area contributed by atoms with Crippen molar-refractivity contribution in [2.45, 2.75) is 51.0 Å². The Morgan fingerprint density at radius 2 is 2.29 bits per heavy atom. The third-order valence-corrected chi connectivity index (χ3v) is 3.05. The van der Waals surface area contributed by atoms with Gasteiger partial charge >= 0.3 is 0 Å². The molecule has 0 bridgehead atoms. The van der Waals surface area contributed by atoms with Crippen molar-refractivity contribution >= 4 is 5.91 Å². The average molecular weight is 242 g/mol. The topological polar surface area (TPSA) is 59.6 Å². The van der Waals surface area contributed by atoms with E-state index in [0.29, 0.717) is 12.6 Å². The van der Waals surface area contributed by atoms with E-state index in [1.165, 1.54) is 0 Å². The Morgan fingerprint density at radius 1 is 1.53 bits per heavy atom. The molecule has 0 aromatic carbocycles. The first-order valence-electron chi connectivity index (χ1n) is 6.43. The molecule has 0 aromatic heterocycles. The molecule has 98 valence electrons. The van der Waals surface area contributed by atoms with E-state index in [9.17, 15) is 4.79 Å². The molecule has 2 fully saturated rings. The minimum absolute atomic E-state index is 0.00989. The molecule has 0 radical (unpaired) electrons. The highest BCUT2D eigenvalue weighted by Gasteiger charge is 2.27. The van der Waals surface area contributed by atoms with E-state index in [-0.39, 0.29) is 18.1 Å². The van der Waals surface area contributed by atoms with E-state index in [4.69, 9.17) is 9.47 Å². The lowest BCUT2D eigenvalue weighted by atomic mass is 10.2. The Bertz CT molecular complexity index is 268. The molecule has 3 unspecified atom stereocenters. The monoisotopic (exact) mass is 242 g/mol. The van der Waals surface area contributed by atoms with Crippen LogP contribution in [0.2, 0.25) is 0 Å². The number of carbonyl (C=O) groups is 1. The fourth-order valence-corrected chi connectivity index (χ4v) is 1.84. The minimum Gasteiger partial charge on any atom is -0.370 e.